The first kappa shape index (κ1) is 32.9. The van der Waals surface area contributed by atoms with E-state index in [2.05, 4.69) is 11.9 Å². The summed E-state index contributed by atoms with van der Waals surface area (Å²) in [6.07, 6.45) is -1.06. The van der Waals surface area contributed by atoms with Gasteiger partial charge in [0.1, 0.15) is 42.5 Å². The fourth-order valence-corrected chi connectivity index (χ4v) is 5.23. The zero-order chi connectivity index (χ0) is 32.0. The molecule has 1 saturated heterocycles. The van der Waals surface area contributed by atoms with Crippen LogP contribution in [0, 0.1) is 0 Å². The lowest BCUT2D eigenvalue weighted by Gasteiger charge is -2.46. The minimum absolute atomic E-state index is 0.209. The molecule has 1 aliphatic heterocycles. The molecular formula is C38H41NO7. The molecule has 0 aromatic heterocycles. The molecule has 4 aromatic rings. The van der Waals surface area contributed by atoms with Crippen molar-refractivity contribution in [2.45, 2.75) is 57.4 Å². The number of benzene rings is 4. The highest BCUT2D eigenvalue weighted by Gasteiger charge is 2.49. The fraction of sp³-hybridized carbons (Fsp3) is 0.289. The normalized spacial score (nSPS) is 20.8. The highest BCUT2D eigenvalue weighted by atomic mass is 16.7. The summed E-state index contributed by atoms with van der Waals surface area (Å²) in [7, 11) is 0. The fourth-order valence-electron chi connectivity index (χ4n) is 5.23. The lowest BCUT2D eigenvalue weighted by molar-refractivity contribution is -0.270. The Morgan fingerprint density at radius 3 is 1.80 bits per heavy atom. The van der Waals surface area contributed by atoms with E-state index in [0.717, 1.165) is 16.7 Å². The van der Waals surface area contributed by atoms with Crippen LogP contribution in [0.2, 0.25) is 0 Å². The third kappa shape index (κ3) is 9.76. The van der Waals surface area contributed by atoms with Crippen molar-refractivity contribution >= 4 is 5.91 Å². The average molecular weight is 624 g/mol. The summed E-state index contributed by atoms with van der Waals surface area (Å²) in [4.78, 5) is 12.6. The Labute approximate surface area is 270 Å². The second-order valence-corrected chi connectivity index (χ2v) is 11.0. The minimum atomic E-state index is -0.911. The van der Waals surface area contributed by atoms with E-state index in [-0.39, 0.29) is 12.5 Å². The van der Waals surface area contributed by atoms with Crippen molar-refractivity contribution in [1.82, 2.24) is 5.32 Å². The van der Waals surface area contributed by atoms with Crippen LogP contribution in [0.25, 0.3) is 0 Å². The minimum Gasteiger partial charge on any atom is -0.490 e. The molecule has 0 bridgehead atoms. The van der Waals surface area contributed by atoms with Gasteiger partial charge in [0.25, 0.3) is 0 Å². The van der Waals surface area contributed by atoms with Gasteiger partial charge in [0.05, 0.1) is 26.4 Å². The molecule has 5 atom stereocenters. The van der Waals surface area contributed by atoms with Gasteiger partial charge in [0, 0.05) is 6.92 Å². The van der Waals surface area contributed by atoms with Gasteiger partial charge in [-0.05, 0) is 41.0 Å². The standard InChI is InChI=1S/C38H41NO7/c1-3-23-42-32-19-21-33(22-20-32)45-38-35(39-28(2)40)37(44-26-31-17-11-6-12-18-31)36(43-25-30-15-9-5-10-16-30)34(46-38)27-41-24-29-13-7-4-8-14-29/h3-22,34-38H,1,23-27H2,2H3,(H,39,40)/t34-,35-,36-,37-,38+/m1/s1. The Balaban J connectivity index is 1.43. The Kier molecular flexibility index (Phi) is 12.4. The van der Waals surface area contributed by atoms with Crippen molar-refractivity contribution in [3.63, 3.8) is 0 Å². The van der Waals surface area contributed by atoms with E-state index in [1.165, 1.54) is 6.92 Å². The Bertz CT molecular complexity index is 1470. The van der Waals surface area contributed by atoms with Crippen LogP contribution in [0.5, 0.6) is 11.5 Å². The average Bonchev–Trinajstić information content (AvgIpc) is 3.09. The zero-order valence-corrected chi connectivity index (χ0v) is 26.0. The Morgan fingerprint density at radius 1 is 0.739 bits per heavy atom. The van der Waals surface area contributed by atoms with Crippen LogP contribution >= 0.6 is 0 Å². The quantitative estimate of drug-likeness (QED) is 0.148. The van der Waals surface area contributed by atoms with Gasteiger partial charge in [-0.1, -0.05) is 104 Å². The second-order valence-electron chi connectivity index (χ2n) is 11.0. The molecule has 240 valence electrons. The summed E-state index contributed by atoms with van der Waals surface area (Å²) in [5.74, 6) is 0.978. The number of hydrogen-bond acceptors (Lipinski definition) is 7. The number of rotatable bonds is 16. The van der Waals surface area contributed by atoms with Crippen molar-refractivity contribution in [2.75, 3.05) is 13.2 Å². The van der Waals surface area contributed by atoms with Crippen molar-refractivity contribution in [1.29, 1.82) is 0 Å². The number of amides is 1. The zero-order valence-electron chi connectivity index (χ0n) is 26.0. The Morgan fingerprint density at radius 2 is 1.26 bits per heavy atom. The Hall–Kier alpha value is -4.47. The molecule has 1 N–H and O–H groups in total. The third-order valence-electron chi connectivity index (χ3n) is 7.42. The molecule has 0 aliphatic carbocycles. The summed E-state index contributed by atoms with van der Waals surface area (Å²) in [6, 6.07) is 36.3. The van der Waals surface area contributed by atoms with Crippen LogP contribution in [-0.4, -0.2) is 49.8 Å². The van der Waals surface area contributed by atoms with E-state index >= 15 is 0 Å². The van der Waals surface area contributed by atoms with E-state index in [0.29, 0.717) is 37.9 Å². The van der Waals surface area contributed by atoms with Crippen LogP contribution in [0.15, 0.2) is 128 Å². The van der Waals surface area contributed by atoms with Crippen LogP contribution < -0.4 is 14.8 Å². The van der Waals surface area contributed by atoms with Crippen molar-refractivity contribution in [3.05, 3.63) is 145 Å². The monoisotopic (exact) mass is 623 g/mol. The van der Waals surface area contributed by atoms with Gasteiger partial charge in [0.15, 0.2) is 0 Å². The van der Waals surface area contributed by atoms with Crippen molar-refractivity contribution in [3.8, 4) is 11.5 Å². The first-order valence-electron chi connectivity index (χ1n) is 15.4. The van der Waals surface area contributed by atoms with E-state index in [1.54, 1.807) is 18.2 Å². The maximum Gasteiger partial charge on any atom is 0.223 e. The largest absolute Gasteiger partial charge is 0.490 e. The maximum absolute atomic E-state index is 12.6. The van der Waals surface area contributed by atoms with Gasteiger partial charge in [0.2, 0.25) is 12.2 Å². The molecule has 1 fully saturated rings. The van der Waals surface area contributed by atoms with E-state index in [4.69, 9.17) is 28.4 Å². The van der Waals surface area contributed by atoms with Crippen LogP contribution in [0.3, 0.4) is 0 Å². The lowest BCUT2D eigenvalue weighted by Crippen LogP contribution is -2.66. The molecule has 46 heavy (non-hydrogen) atoms. The van der Waals surface area contributed by atoms with Gasteiger partial charge in [-0.3, -0.25) is 4.79 Å². The van der Waals surface area contributed by atoms with Crippen molar-refractivity contribution in [2.24, 2.45) is 0 Å². The summed E-state index contributed by atoms with van der Waals surface area (Å²) in [5.41, 5.74) is 3.03. The topological polar surface area (TPSA) is 84.5 Å². The van der Waals surface area contributed by atoms with Crippen molar-refractivity contribution < 1.29 is 33.2 Å². The molecule has 8 nitrogen and oxygen atoms in total. The molecular weight excluding hydrogens is 582 g/mol. The maximum atomic E-state index is 12.6. The smallest absolute Gasteiger partial charge is 0.223 e. The van der Waals surface area contributed by atoms with Crippen LogP contribution in [-0.2, 0) is 43.6 Å². The number of ether oxygens (including phenoxy) is 6. The first-order chi connectivity index (χ1) is 22.6. The number of nitrogens with one attached hydrogen (secondary N) is 1. The van der Waals surface area contributed by atoms with Crippen LogP contribution in [0.4, 0.5) is 0 Å². The molecule has 5 rings (SSSR count). The summed E-state index contributed by atoms with van der Waals surface area (Å²) < 4.78 is 38.1. The second kappa shape index (κ2) is 17.3. The SMILES string of the molecule is C=CCOc1ccc(O[C@H]2O[C@H](COCc3ccccc3)[C@@H](OCc3ccccc3)[C@H](OCc3ccccc3)[C@H]2NC(C)=O)cc1. The number of hydrogen-bond donors (Lipinski definition) is 1. The van der Waals surface area contributed by atoms with Gasteiger partial charge < -0.3 is 33.7 Å². The van der Waals surface area contributed by atoms with E-state index in [9.17, 15) is 4.79 Å². The highest BCUT2D eigenvalue weighted by molar-refractivity contribution is 5.73. The van der Waals surface area contributed by atoms with Crippen LogP contribution in [0.1, 0.15) is 23.6 Å². The summed E-state index contributed by atoms with van der Waals surface area (Å²) in [5, 5.41) is 3.04. The molecule has 4 aromatic carbocycles. The van der Waals surface area contributed by atoms with Gasteiger partial charge >= 0.3 is 0 Å². The van der Waals surface area contributed by atoms with E-state index < -0.39 is 30.6 Å². The predicted octanol–water partition coefficient (Wildman–Crippen LogP) is 6.25. The van der Waals surface area contributed by atoms with Gasteiger partial charge in [-0.2, -0.15) is 0 Å². The number of carbonyl (C=O) groups excluding carboxylic acids is 1. The molecule has 0 spiro atoms. The lowest BCUT2D eigenvalue weighted by atomic mass is 9.95. The summed E-state index contributed by atoms with van der Waals surface area (Å²) >= 11 is 0. The third-order valence-corrected chi connectivity index (χ3v) is 7.42. The molecule has 0 radical (unpaired) electrons. The predicted molar refractivity (Wildman–Crippen MR) is 175 cm³/mol. The van der Waals surface area contributed by atoms with E-state index in [1.807, 2.05) is 103 Å². The van der Waals surface area contributed by atoms with Gasteiger partial charge in [-0.25, -0.2) is 0 Å². The van der Waals surface area contributed by atoms with Gasteiger partial charge in [-0.15, -0.1) is 0 Å². The highest BCUT2D eigenvalue weighted by Crippen LogP contribution is 2.31. The molecule has 0 unspecified atom stereocenters. The first-order valence-corrected chi connectivity index (χ1v) is 15.4. The molecule has 1 aliphatic rings. The molecule has 1 amide bonds. The molecule has 8 heteroatoms. The molecule has 0 saturated carbocycles. The summed E-state index contributed by atoms with van der Waals surface area (Å²) in [6.45, 7) is 6.78. The molecule has 1 heterocycles. The number of carbonyl (C=O) groups is 1.